The largest absolute Gasteiger partial charge is 0.464 e. The van der Waals surface area contributed by atoms with Gasteiger partial charge in [0, 0.05) is 13.1 Å². The van der Waals surface area contributed by atoms with Gasteiger partial charge in [-0.1, -0.05) is 113 Å². The van der Waals surface area contributed by atoms with Crippen LogP contribution in [-0.4, -0.2) is 85.3 Å². The van der Waals surface area contributed by atoms with Gasteiger partial charge in [-0.3, -0.25) is 24.0 Å². The number of nitrogens with zero attached hydrogens (tertiary/aromatic N) is 1. The molecule has 2 aliphatic carbocycles. The second kappa shape index (κ2) is 30.2. The van der Waals surface area contributed by atoms with Crippen LogP contribution in [0, 0.1) is 11.3 Å². The van der Waals surface area contributed by atoms with Crippen molar-refractivity contribution in [3.63, 3.8) is 0 Å². The van der Waals surface area contributed by atoms with Gasteiger partial charge in [0.25, 0.3) is 0 Å². The highest BCUT2D eigenvalue weighted by Gasteiger charge is 2.42. The van der Waals surface area contributed by atoms with Crippen LogP contribution in [0.15, 0.2) is 12.7 Å². The molecule has 5 amide bonds. The first-order chi connectivity index (χ1) is 24.3. The van der Waals surface area contributed by atoms with Gasteiger partial charge in [-0.2, -0.15) is 0 Å². The lowest BCUT2D eigenvalue weighted by atomic mass is 9.85. The predicted octanol–water partition coefficient (Wildman–Crippen LogP) is 6.22. The van der Waals surface area contributed by atoms with Crippen LogP contribution in [0.3, 0.4) is 0 Å². The number of ketones is 1. The van der Waals surface area contributed by atoms with Gasteiger partial charge in [-0.05, 0) is 50.4 Å². The molecule has 0 bridgehead atoms. The van der Waals surface area contributed by atoms with Gasteiger partial charge in [0.1, 0.15) is 18.6 Å². The van der Waals surface area contributed by atoms with Gasteiger partial charge >= 0.3 is 12.0 Å². The predicted molar refractivity (Wildman–Crippen MR) is 205 cm³/mol. The first kappa shape index (κ1) is 49.7. The Morgan fingerprint density at radius 1 is 0.902 bits per heavy atom. The summed E-state index contributed by atoms with van der Waals surface area (Å²) in [5.74, 6) is -0.933. The van der Waals surface area contributed by atoms with Crippen LogP contribution in [0.1, 0.15) is 146 Å². The second-order valence-electron chi connectivity index (χ2n) is 14.0. The Morgan fingerprint density at radius 3 is 1.86 bits per heavy atom. The Labute approximate surface area is 309 Å². The van der Waals surface area contributed by atoms with Crippen LogP contribution in [-0.2, 0) is 28.7 Å². The number of ether oxygens (including phenoxy) is 1. The molecule has 1 saturated heterocycles. The summed E-state index contributed by atoms with van der Waals surface area (Å²) in [4.78, 5) is 73.4. The lowest BCUT2D eigenvalue weighted by Crippen LogP contribution is -2.59. The smallest absolute Gasteiger partial charge is 0.325 e. The molecule has 51 heavy (non-hydrogen) atoms. The van der Waals surface area contributed by atoms with E-state index in [1.54, 1.807) is 6.08 Å². The topological polar surface area (TPSA) is 163 Å². The van der Waals surface area contributed by atoms with Crippen molar-refractivity contribution >= 4 is 36.0 Å². The number of carbonyl (C=O) groups is 6. The molecule has 3 atom stereocenters. The van der Waals surface area contributed by atoms with E-state index in [1.165, 1.54) is 56.8 Å². The number of nitrogens with one attached hydrogen (secondary N) is 4. The van der Waals surface area contributed by atoms with Crippen molar-refractivity contribution in [1.82, 2.24) is 26.2 Å². The minimum Gasteiger partial charge on any atom is -0.464 e. The van der Waals surface area contributed by atoms with E-state index in [4.69, 9.17) is 4.74 Å². The van der Waals surface area contributed by atoms with Gasteiger partial charge in [-0.25, -0.2) is 4.79 Å². The normalized spacial score (nSPS) is 17.2. The van der Waals surface area contributed by atoms with Gasteiger partial charge in [0.2, 0.25) is 18.2 Å². The second-order valence-corrected chi connectivity index (χ2v) is 14.0. The average molecular weight is 724 g/mol. The number of carbonyl (C=O) groups excluding carboxylic acids is 6. The van der Waals surface area contributed by atoms with Crippen LogP contribution in [0.5, 0.6) is 0 Å². The standard InChI is InChI=1S/C24H40N4O6.C6H12.C4H7NO.C3H8.C2H6/c1-6-8-17(15(2)29)26-21(31)18-9-7-12-28(18)22(32)20(24(3,4)5)27-23(33)25-13-19(30)34-14-16-10-11-16;1-2-4-6-5-3-1;1-2-3-5-4-6;1-3-2;1-2/h16-18,20H,6-14H2,1-5H3,(H,26,31)(H2,25,27,33);1-6H2;2,4H,1,3H2,(H,5,6);3H2,1-2H3;1-2H3. The number of amides is 5. The van der Waals surface area contributed by atoms with Crippen LogP contribution in [0.25, 0.3) is 0 Å². The zero-order chi connectivity index (χ0) is 39.2. The molecule has 3 rings (SSSR count). The van der Waals surface area contributed by atoms with Crippen molar-refractivity contribution in [3.05, 3.63) is 12.7 Å². The first-order valence-corrected chi connectivity index (χ1v) is 19.4. The third-order valence-corrected chi connectivity index (χ3v) is 8.03. The molecule has 12 heteroatoms. The molecule has 0 radical (unpaired) electrons. The lowest BCUT2D eigenvalue weighted by molar-refractivity contribution is -0.142. The Kier molecular flexibility index (Phi) is 29.4. The summed E-state index contributed by atoms with van der Waals surface area (Å²) in [7, 11) is 0. The maximum Gasteiger partial charge on any atom is 0.325 e. The first-order valence-electron chi connectivity index (χ1n) is 19.4. The Morgan fingerprint density at radius 2 is 1.45 bits per heavy atom. The number of hydrogen-bond donors (Lipinski definition) is 4. The number of esters is 1. The van der Waals surface area contributed by atoms with Crippen molar-refractivity contribution in [3.8, 4) is 0 Å². The lowest BCUT2D eigenvalue weighted by Gasteiger charge is -2.35. The maximum atomic E-state index is 13.5. The van der Waals surface area contributed by atoms with Crippen molar-refractivity contribution in [2.75, 3.05) is 26.2 Å². The van der Waals surface area contributed by atoms with Gasteiger partial charge in [0.05, 0.1) is 12.6 Å². The van der Waals surface area contributed by atoms with Crippen molar-refractivity contribution in [2.24, 2.45) is 11.3 Å². The third kappa shape index (κ3) is 24.4. The molecular formula is C39H73N5O7. The molecule has 1 heterocycles. The summed E-state index contributed by atoms with van der Waals surface area (Å²) in [6, 6.07) is -2.84. The molecule has 3 aliphatic rings. The zero-order valence-corrected chi connectivity index (χ0v) is 33.5. The van der Waals surface area contributed by atoms with E-state index < -0.39 is 35.5 Å². The van der Waals surface area contributed by atoms with E-state index in [0.717, 1.165) is 19.3 Å². The van der Waals surface area contributed by atoms with Crippen LogP contribution in [0.4, 0.5) is 4.79 Å². The summed E-state index contributed by atoms with van der Waals surface area (Å²) in [5.41, 5.74) is -0.644. The van der Waals surface area contributed by atoms with E-state index in [9.17, 15) is 28.8 Å². The molecule has 296 valence electrons. The number of hydrogen-bond acceptors (Lipinski definition) is 7. The maximum absolute atomic E-state index is 13.5. The highest BCUT2D eigenvalue weighted by molar-refractivity contribution is 5.95. The molecule has 3 fully saturated rings. The molecule has 0 aromatic rings. The molecule has 4 N–H and O–H groups in total. The highest BCUT2D eigenvalue weighted by atomic mass is 16.5. The van der Waals surface area contributed by atoms with E-state index in [2.05, 4.69) is 41.7 Å². The fourth-order valence-corrected chi connectivity index (χ4v) is 5.12. The molecular weight excluding hydrogens is 650 g/mol. The third-order valence-electron chi connectivity index (χ3n) is 8.03. The molecule has 1 aliphatic heterocycles. The van der Waals surface area contributed by atoms with E-state index in [-0.39, 0.29) is 24.1 Å². The number of rotatable bonds is 14. The summed E-state index contributed by atoms with van der Waals surface area (Å²) >= 11 is 0. The van der Waals surface area contributed by atoms with Crippen molar-refractivity contribution < 1.29 is 33.5 Å². The zero-order valence-electron chi connectivity index (χ0n) is 33.5. The molecule has 2 saturated carbocycles. The molecule has 3 unspecified atom stereocenters. The Balaban J connectivity index is 0. The summed E-state index contributed by atoms with van der Waals surface area (Å²) in [6.07, 6.45) is 17.0. The summed E-state index contributed by atoms with van der Waals surface area (Å²) < 4.78 is 5.10. The van der Waals surface area contributed by atoms with Gasteiger partial charge in [0.15, 0.2) is 5.78 Å². The summed E-state index contributed by atoms with van der Waals surface area (Å²) in [5, 5.41) is 10.3. The SMILES string of the molecule is C1CCCCC1.C=CCNC=O.CC.CCC.CCCC(NC(=O)C1CCCN1C(=O)C(NC(=O)NCC(=O)OCC1CC1)C(C)(C)C)C(C)=O. The van der Waals surface area contributed by atoms with Crippen LogP contribution in [0.2, 0.25) is 0 Å². The minimum atomic E-state index is -0.914. The van der Waals surface area contributed by atoms with Crippen molar-refractivity contribution in [1.29, 1.82) is 0 Å². The molecule has 0 aromatic carbocycles. The van der Waals surface area contributed by atoms with Crippen molar-refractivity contribution in [2.45, 2.75) is 164 Å². The number of Topliss-reactive ketones (excluding diaryl/α,β-unsaturated/α-hetero) is 1. The monoisotopic (exact) mass is 724 g/mol. The highest BCUT2D eigenvalue weighted by Crippen LogP contribution is 2.29. The van der Waals surface area contributed by atoms with Gasteiger partial charge < -0.3 is 30.9 Å². The average Bonchev–Trinajstić information content (AvgIpc) is 3.82. The number of urea groups is 1. The quantitative estimate of drug-likeness (QED) is 0.0716. The fraction of sp³-hybridized carbons (Fsp3) is 0.795. The molecule has 0 aromatic heterocycles. The molecule has 12 nitrogen and oxygen atoms in total. The van der Waals surface area contributed by atoms with Crippen LogP contribution < -0.4 is 21.3 Å². The Bertz CT molecular complexity index is 987. The van der Waals surface area contributed by atoms with Gasteiger partial charge in [-0.15, -0.1) is 6.58 Å². The van der Waals surface area contributed by atoms with E-state index in [1.807, 2.05) is 41.5 Å². The fourth-order valence-electron chi connectivity index (χ4n) is 5.12. The van der Waals surface area contributed by atoms with E-state index in [0.29, 0.717) is 51.3 Å². The summed E-state index contributed by atoms with van der Waals surface area (Å²) in [6.45, 7) is 21.5. The van der Waals surface area contributed by atoms with Crippen LogP contribution >= 0.6 is 0 Å². The Hall–Kier alpha value is -3.44. The molecule has 0 spiro atoms. The number of likely N-dealkylation sites (tertiary alicyclic amines) is 1. The van der Waals surface area contributed by atoms with E-state index >= 15 is 0 Å². The minimum absolute atomic E-state index is 0.118.